The number of ether oxygens (including phenoxy) is 1. The number of rotatable bonds is 6. The van der Waals surface area contributed by atoms with Gasteiger partial charge in [-0.25, -0.2) is 0 Å². The van der Waals surface area contributed by atoms with Crippen molar-refractivity contribution in [1.29, 1.82) is 0 Å². The van der Waals surface area contributed by atoms with Crippen LogP contribution in [0.5, 0.6) is 0 Å². The average Bonchev–Trinajstić information content (AvgIpc) is 3.01. The van der Waals surface area contributed by atoms with E-state index in [1.54, 1.807) is 18.3 Å². The molecular formula is C17H19NO3S. The van der Waals surface area contributed by atoms with Gasteiger partial charge in [0.15, 0.2) is 6.10 Å². The largest absolute Gasteiger partial charge is 0.453 e. The Morgan fingerprint density at radius 3 is 2.59 bits per heavy atom. The van der Waals surface area contributed by atoms with Crippen molar-refractivity contribution in [3.63, 3.8) is 0 Å². The zero-order valence-electron chi connectivity index (χ0n) is 12.7. The van der Waals surface area contributed by atoms with Gasteiger partial charge in [0.1, 0.15) is 0 Å². The van der Waals surface area contributed by atoms with Gasteiger partial charge in [-0.15, -0.1) is 11.3 Å². The van der Waals surface area contributed by atoms with Crippen molar-refractivity contribution < 1.29 is 14.3 Å². The molecule has 0 unspecified atom stereocenters. The van der Waals surface area contributed by atoms with E-state index in [1.165, 1.54) is 0 Å². The Morgan fingerprint density at radius 1 is 1.23 bits per heavy atom. The number of hydrogen-bond donors (Lipinski definition) is 1. The van der Waals surface area contributed by atoms with Gasteiger partial charge >= 0.3 is 5.97 Å². The van der Waals surface area contributed by atoms with Gasteiger partial charge in [-0.05, 0) is 43.8 Å². The Kier molecular flexibility index (Phi) is 5.72. The molecule has 0 radical (unpaired) electrons. The lowest BCUT2D eigenvalue weighted by atomic mass is 10.2. The molecule has 2 rings (SSSR count). The Balaban J connectivity index is 1.77. The maximum absolute atomic E-state index is 12.0. The van der Waals surface area contributed by atoms with Crippen LogP contribution in [0.1, 0.15) is 23.8 Å². The van der Waals surface area contributed by atoms with E-state index < -0.39 is 6.10 Å². The number of amides is 1. The zero-order valence-corrected chi connectivity index (χ0v) is 13.5. The van der Waals surface area contributed by atoms with E-state index in [0.29, 0.717) is 12.1 Å². The van der Waals surface area contributed by atoms with Crippen molar-refractivity contribution in [2.75, 3.05) is 5.32 Å². The fourth-order valence-corrected chi connectivity index (χ4v) is 2.58. The number of aryl methyl sites for hydroxylation is 2. The summed E-state index contributed by atoms with van der Waals surface area (Å²) in [6.45, 7) is 3.55. The Labute approximate surface area is 134 Å². The molecular weight excluding hydrogens is 298 g/mol. The van der Waals surface area contributed by atoms with Crippen LogP contribution < -0.4 is 5.32 Å². The zero-order chi connectivity index (χ0) is 15.9. The Bertz CT molecular complexity index is 620. The first-order valence-corrected chi connectivity index (χ1v) is 8.02. The lowest BCUT2D eigenvalue weighted by molar-refractivity contribution is -0.153. The smallest absolute Gasteiger partial charge is 0.306 e. The average molecular weight is 317 g/mol. The molecule has 0 saturated carbocycles. The molecule has 0 aliphatic heterocycles. The SMILES string of the molecule is Cc1ccc(NC(=O)[C@H](C)OC(=O)CCc2cccs2)cc1. The number of carbonyl (C=O) groups excluding carboxylic acids is 2. The van der Waals surface area contributed by atoms with E-state index in [4.69, 9.17) is 4.74 Å². The van der Waals surface area contributed by atoms with Crippen molar-refractivity contribution in [2.24, 2.45) is 0 Å². The van der Waals surface area contributed by atoms with Gasteiger partial charge in [-0.3, -0.25) is 9.59 Å². The standard InChI is InChI=1S/C17H19NO3S/c1-12-5-7-14(8-6-12)18-17(20)13(2)21-16(19)10-9-15-4-3-11-22-15/h3-8,11,13H,9-10H2,1-2H3,(H,18,20)/t13-/m0/s1. The number of nitrogens with one attached hydrogen (secondary N) is 1. The third kappa shape index (κ3) is 5.00. The van der Waals surface area contributed by atoms with Crippen LogP contribution in [0.4, 0.5) is 5.69 Å². The van der Waals surface area contributed by atoms with Crippen molar-refractivity contribution in [3.05, 3.63) is 52.2 Å². The van der Waals surface area contributed by atoms with Crippen molar-refractivity contribution in [3.8, 4) is 0 Å². The quantitative estimate of drug-likeness (QED) is 0.829. The minimum atomic E-state index is -0.808. The highest BCUT2D eigenvalue weighted by Crippen LogP contribution is 2.12. The molecule has 1 atom stereocenters. The normalized spacial score (nSPS) is 11.7. The van der Waals surface area contributed by atoms with Crippen LogP contribution >= 0.6 is 11.3 Å². The predicted octanol–water partition coefficient (Wildman–Crippen LogP) is 3.56. The molecule has 0 bridgehead atoms. The second-order valence-corrected chi connectivity index (χ2v) is 6.10. The first kappa shape index (κ1) is 16.2. The van der Waals surface area contributed by atoms with Crippen LogP contribution in [0.25, 0.3) is 0 Å². The monoisotopic (exact) mass is 317 g/mol. The summed E-state index contributed by atoms with van der Waals surface area (Å²) >= 11 is 1.61. The van der Waals surface area contributed by atoms with Crippen LogP contribution in [-0.4, -0.2) is 18.0 Å². The summed E-state index contributed by atoms with van der Waals surface area (Å²) in [5.74, 6) is -0.687. The molecule has 5 heteroatoms. The summed E-state index contributed by atoms with van der Waals surface area (Å²) in [5, 5.41) is 4.70. The molecule has 1 N–H and O–H groups in total. The van der Waals surface area contributed by atoms with E-state index in [0.717, 1.165) is 10.4 Å². The third-order valence-electron chi connectivity index (χ3n) is 3.15. The maximum atomic E-state index is 12.0. The van der Waals surface area contributed by atoms with Crippen LogP contribution in [0.3, 0.4) is 0 Å². The van der Waals surface area contributed by atoms with Gasteiger partial charge in [0.05, 0.1) is 6.42 Å². The van der Waals surface area contributed by atoms with Crippen molar-refractivity contribution >= 4 is 28.9 Å². The molecule has 0 spiro atoms. The fourth-order valence-electron chi connectivity index (χ4n) is 1.87. The summed E-state index contributed by atoms with van der Waals surface area (Å²) in [6.07, 6.45) is 0.114. The molecule has 0 fully saturated rings. The maximum Gasteiger partial charge on any atom is 0.306 e. The van der Waals surface area contributed by atoms with E-state index in [-0.39, 0.29) is 18.3 Å². The molecule has 22 heavy (non-hydrogen) atoms. The summed E-state index contributed by atoms with van der Waals surface area (Å²) in [7, 11) is 0. The third-order valence-corrected chi connectivity index (χ3v) is 4.09. The minimum absolute atomic E-state index is 0.280. The number of anilines is 1. The second-order valence-electron chi connectivity index (χ2n) is 5.07. The molecule has 0 saturated heterocycles. The van der Waals surface area contributed by atoms with E-state index in [9.17, 15) is 9.59 Å². The number of thiophene rings is 1. The molecule has 4 nitrogen and oxygen atoms in total. The Morgan fingerprint density at radius 2 is 1.95 bits per heavy atom. The van der Waals surface area contributed by atoms with E-state index in [2.05, 4.69) is 5.32 Å². The van der Waals surface area contributed by atoms with Crippen molar-refractivity contribution in [1.82, 2.24) is 0 Å². The topological polar surface area (TPSA) is 55.4 Å². The highest BCUT2D eigenvalue weighted by molar-refractivity contribution is 7.09. The molecule has 1 amide bonds. The van der Waals surface area contributed by atoms with Gasteiger partial charge in [0.25, 0.3) is 5.91 Å². The fraction of sp³-hybridized carbons (Fsp3) is 0.294. The highest BCUT2D eigenvalue weighted by Gasteiger charge is 2.17. The highest BCUT2D eigenvalue weighted by atomic mass is 32.1. The lowest BCUT2D eigenvalue weighted by Gasteiger charge is -2.13. The first-order valence-electron chi connectivity index (χ1n) is 7.14. The van der Waals surface area contributed by atoms with Gasteiger partial charge in [0, 0.05) is 10.6 Å². The Hall–Kier alpha value is -2.14. The molecule has 116 valence electrons. The van der Waals surface area contributed by atoms with Crippen LogP contribution in [0, 0.1) is 6.92 Å². The molecule has 1 aromatic carbocycles. The van der Waals surface area contributed by atoms with Crippen LogP contribution in [-0.2, 0) is 20.7 Å². The minimum Gasteiger partial charge on any atom is -0.453 e. The molecule has 0 aliphatic rings. The van der Waals surface area contributed by atoms with Crippen molar-refractivity contribution in [2.45, 2.75) is 32.8 Å². The molecule has 0 aliphatic carbocycles. The summed E-state index contributed by atoms with van der Waals surface area (Å²) in [6, 6.07) is 11.4. The molecule has 1 heterocycles. The number of carbonyl (C=O) groups is 2. The second kappa shape index (κ2) is 7.75. The molecule has 2 aromatic rings. The number of esters is 1. The predicted molar refractivity (Wildman–Crippen MR) is 88.0 cm³/mol. The summed E-state index contributed by atoms with van der Waals surface area (Å²) < 4.78 is 5.16. The van der Waals surface area contributed by atoms with Gasteiger partial charge in [-0.1, -0.05) is 23.8 Å². The van der Waals surface area contributed by atoms with Crippen LogP contribution in [0.2, 0.25) is 0 Å². The first-order chi connectivity index (χ1) is 10.5. The number of hydrogen-bond acceptors (Lipinski definition) is 4. The van der Waals surface area contributed by atoms with Gasteiger partial charge < -0.3 is 10.1 Å². The van der Waals surface area contributed by atoms with E-state index >= 15 is 0 Å². The molecule has 1 aromatic heterocycles. The summed E-state index contributed by atoms with van der Waals surface area (Å²) in [5.41, 5.74) is 1.81. The van der Waals surface area contributed by atoms with Gasteiger partial charge in [-0.2, -0.15) is 0 Å². The van der Waals surface area contributed by atoms with Gasteiger partial charge in [0.2, 0.25) is 0 Å². The van der Waals surface area contributed by atoms with E-state index in [1.807, 2.05) is 48.7 Å². The lowest BCUT2D eigenvalue weighted by Crippen LogP contribution is -2.30. The number of benzene rings is 1. The summed E-state index contributed by atoms with van der Waals surface area (Å²) in [4.78, 5) is 24.9. The van der Waals surface area contributed by atoms with Crippen LogP contribution in [0.15, 0.2) is 41.8 Å².